The zero-order chi connectivity index (χ0) is 16.7. The van der Waals surface area contributed by atoms with Crippen LogP contribution in [0.5, 0.6) is 0 Å². The molecule has 1 aromatic carbocycles. The third kappa shape index (κ3) is 6.07. The largest absolute Gasteiger partial charge is 0.337 e. The summed E-state index contributed by atoms with van der Waals surface area (Å²) in [5, 5.41) is 6.52. The molecule has 0 unspecified atom stereocenters. The maximum Gasteiger partial charge on any atom is 0.315 e. The summed E-state index contributed by atoms with van der Waals surface area (Å²) in [6, 6.07) is 8.85. The third-order valence-electron chi connectivity index (χ3n) is 4.53. The van der Waals surface area contributed by atoms with Crippen LogP contribution in [0, 0.1) is 6.92 Å². The zero-order valence-electron chi connectivity index (χ0n) is 14.5. The van der Waals surface area contributed by atoms with Crippen LogP contribution in [0.3, 0.4) is 0 Å². The molecule has 0 aromatic heterocycles. The highest BCUT2D eigenvalue weighted by Crippen LogP contribution is 2.16. The van der Waals surface area contributed by atoms with Gasteiger partial charge in [-0.3, -0.25) is 4.90 Å². The maximum atomic E-state index is 11.9. The molecule has 1 heterocycles. The van der Waals surface area contributed by atoms with Crippen molar-refractivity contribution in [2.75, 3.05) is 25.9 Å². The van der Waals surface area contributed by atoms with Gasteiger partial charge in [-0.1, -0.05) is 31.2 Å². The van der Waals surface area contributed by atoms with Gasteiger partial charge in [0.05, 0.1) is 0 Å². The molecule has 1 aliphatic heterocycles. The smallest absolute Gasteiger partial charge is 0.315 e. The Bertz CT molecular complexity index is 501. The van der Waals surface area contributed by atoms with Crippen LogP contribution in [-0.4, -0.2) is 48.1 Å². The minimum absolute atomic E-state index is 0.0248. The molecule has 2 rings (SSSR count). The van der Waals surface area contributed by atoms with Crippen molar-refractivity contribution >= 4 is 17.8 Å². The molecular weight excluding hydrogens is 306 g/mol. The average Bonchev–Trinajstić information content (AvgIpc) is 2.56. The predicted octanol–water partition coefficient (Wildman–Crippen LogP) is 3.01. The Kier molecular flexibility index (Phi) is 7.24. The molecule has 1 aromatic rings. The second-order valence-corrected chi connectivity index (χ2v) is 7.65. The number of likely N-dealkylation sites (tertiary alicyclic amines) is 1. The van der Waals surface area contributed by atoms with E-state index in [9.17, 15) is 4.79 Å². The van der Waals surface area contributed by atoms with Gasteiger partial charge in [0, 0.05) is 37.5 Å². The quantitative estimate of drug-likeness (QED) is 0.840. The monoisotopic (exact) mass is 335 g/mol. The molecule has 0 bridgehead atoms. The number of hydrogen-bond donors (Lipinski definition) is 2. The fraction of sp³-hybridized carbons (Fsp3) is 0.611. The number of nitrogens with zero attached hydrogens (tertiary/aromatic N) is 1. The zero-order valence-corrected chi connectivity index (χ0v) is 15.3. The highest BCUT2D eigenvalue weighted by atomic mass is 32.2. The van der Waals surface area contributed by atoms with Crippen molar-refractivity contribution in [3.63, 3.8) is 0 Å². The fourth-order valence-corrected chi connectivity index (χ4v) is 3.07. The first-order valence-electron chi connectivity index (χ1n) is 8.42. The summed E-state index contributed by atoms with van der Waals surface area (Å²) in [6.07, 6.45) is 4.11. The lowest BCUT2D eigenvalue weighted by Gasteiger charge is -2.32. The number of piperidine rings is 1. The minimum Gasteiger partial charge on any atom is -0.337 e. The van der Waals surface area contributed by atoms with Gasteiger partial charge in [-0.2, -0.15) is 11.8 Å². The molecule has 0 aliphatic carbocycles. The summed E-state index contributed by atoms with van der Waals surface area (Å²) in [5.74, 6) is 0. The minimum atomic E-state index is -0.0248. The van der Waals surface area contributed by atoms with Gasteiger partial charge in [0.1, 0.15) is 0 Å². The Morgan fingerprint density at radius 3 is 2.70 bits per heavy atom. The van der Waals surface area contributed by atoms with E-state index in [0.29, 0.717) is 11.3 Å². The molecule has 23 heavy (non-hydrogen) atoms. The molecule has 1 fully saturated rings. The number of carbonyl (C=O) groups is 1. The van der Waals surface area contributed by atoms with Crippen LogP contribution in [0.4, 0.5) is 4.79 Å². The Morgan fingerprint density at radius 2 is 2.04 bits per heavy atom. The molecular formula is C18H29N3OS. The lowest BCUT2D eigenvalue weighted by atomic mass is 10.0. The summed E-state index contributed by atoms with van der Waals surface area (Å²) in [4.78, 5) is 14.4. The van der Waals surface area contributed by atoms with Gasteiger partial charge in [0.2, 0.25) is 0 Å². The van der Waals surface area contributed by atoms with E-state index in [4.69, 9.17) is 0 Å². The van der Waals surface area contributed by atoms with Crippen LogP contribution in [-0.2, 0) is 6.54 Å². The normalized spacial score (nSPS) is 17.7. The topological polar surface area (TPSA) is 44.4 Å². The lowest BCUT2D eigenvalue weighted by Crippen LogP contribution is -2.48. The first-order chi connectivity index (χ1) is 11.1. The Hall–Kier alpha value is -1.20. The van der Waals surface area contributed by atoms with Crippen molar-refractivity contribution in [1.29, 1.82) is 0 Å². The molecule has 4 nitrogen and oxygen atoms in total. The van der Waals surface area contributed by atoms with E-state index in [-0.39, 0.29) is 6.03 Å². The van der Waals surface area contributed by atoms with Crippen LogP contribution < -0.4 is 10.6 Å². The fourth-order valence-electron chi connectivity index (χ4n) is 2.82. The number of nitrogens with one attached hydrogen (secondary N) is 2. The SMILES string of the molecule is CS[C@@H](C)CNC(=O)NC1CCN(Cc2ccccc2C)CC1. The number of benzene rings is 1. The number of urea groups is 1. The summed E-state index contributed by atoms with van der Waals surface area (Å²) in [6.45, 7) is 8.11. The standard InChI is InChI=1S/C18H29N3OS/c1-14-6-4-5-7-16(14)13-21-10-8-17(9-11-21)20-18(22)19-12-15(2)23-3/h4-7,15,17H,8-13H2,1-3H3,(H2,19,20,22)/t15-/m0/s1. The molecule has 1 saturated heterocycles. The number of rotatable bonds is 6. The number of carbonyl (C=O) groups excluding carboxylic acids is 1. The van der Waals surface area contributed by atoms with Crippen molar-refractivity contribution in [2.24, 2.45) is 0 Å². The molecule has 128 valence electrons. The Labute approximate surface area is 144 Å². The number of amides is 2. The Balaban J connectivity index is 1.69. The summed E-state index contributed by atoms with van der Waals surface area (Å²) in [7, 11) is 0. The maximum absolute atomic E-state index is 11.9. The number of hydrogen-bond acceptors (Lipinski definition) is 3. The summed E-state index contributed by atoms with van der Waals surface area (Å²) in [5.41, 5.74) is 2.76. The van der Waals surface area contributed by atoms with E-state index in [1.807, 2.05) is 0 Å². The molecule has 2 amide bonds. The van der Waals surface area contributed by atoms with Crippen LogP contribution >= 0.6 is 11.8 Å². The number of thioether (sulfide) groups is 1. The highest BCUT2D eigenvalue weighted by molar-refractivity contribution is 7.99. The summed E-state index contributed by atoms with van der Waals surface area (Å²) >= 11 is 1.77. The van der Waals surface area contributed by atoms with Gasteiger partial charge < -0.3 is 10.6 Å². The second kappa shape index (κ2) is 9.18. The van der Waals surface area contributed by atoms with Gasteiger partial charge in [-0.25, -0.2) is 4.79 Å². The van der Waals surface area contributed by atoms with Crippen molar-refractivity contribution in [3.05, 3.63) is 35.4 Å². The molecule has 2 N–H and O–H groups in total. The van der Waals surface area contributed by atoms with Crippen LogP contribution in [0.2, 0.25) is 0 Å². The van der Waals surface area contributed by atoms with Gasteiger partial charge in [-0.15, -0.1) is 0 Å². The van der Waals surface area contributed by atoms with Crippen molar-refractivity contribution in [3.8, 4) is 0 Å². The third-order valence-corrected chi connectivity index (χ3v) is 5.50. The van der Waals surface area contributed by atoms with Crippen molar-refractivity contribution in [1.82, 2.24) is 15.5 Å². The lowest BCUT2D eigenvalue weighted by molar-refractivity contribution is 0.186. The van der Waals surface area contributed by atoms with E-state index >= 15 is 0 Å². The first kappa shape index (κ1) is 18.1. The van der Waals surface area contributed by atoms with Gasteiger partial charge >= 0.3 is 6.03 Å². The molecule has 1 atom stereocenters. The molecule has 1 aliphatic rings. The molecule has 0 saturated carbocycles. The van der Waals surface area contributed by atoms with Crippen LogP contribution in [0.25, 0.3) is 0 Å². The van der Waals surface area contributed by atoms with Crippen molar-refractivity contribution in [2.45, 2.75) is 44.5 Å². The molecule has 0 spiro atoms. The van der Waals surface area contributed by atoms with E-state index in [2.05, 4.69) is 59.9 Å². The van der Waals surface area contributed by atoms with Crippen molar-refractivity contribution < 1.29 is 4.79 Å². The van der Waals surface area contributed by atoms with E-state index in [1.165, 1.54) is 11.1 Å². The molecule has 5 heteroatoms. The average molecular weight is 336 g/mol. The van der Waals surface area contributed by atoms with Crippen LogP contribution in [0.1, 0.15) is 30.9 Å². The van der Waals surface area contributed by atoms with E-state index < -0.39 is 0 Å². The van der Waals surface area contributed by atoms with E-state index in [1.54, 1.807) is 11.8 Å². The molecule has 0 radical (unpaired) electrons. The Morgan fingerprint density at radius 1 is 1.35 bits per heavy atom. The number of aryl methyl sites for hydroxylation is 1. The summed E-state index contributed by atoms with van der Waals surface area (Å²) < 4.78 is 0. The highest BCUT2D eigenvalue weighted by Gasteiger charge is 2.21. The van der Waals surface area contributed by atoms with Gasteiger partial charge in [-0.05, 0) is 37.1 Å². The van der Waals surface area contributed by atoms with E-state index in [0.717, 1.165) is 39.0 Å². The predicted molar refractivity (Wildman–Crippen MR) is 99.0 cm³/mol. The van der Waals surface area contributed by atoms with Gasteiger partial charge in [0.15, 0.2) is 0 Å². The van der Waals surface area contributed by atoms with Gasteiger partial charge in [0.25, 0.3) is 0 Å². The second-order valence-electron chi connectivity index (χ2n) is 6.38. The first-order valence-corrected chi connectivity index (χ1v) is 9.71. The van der Waals surface area contributed by atoms with Crippen LogP contribution in [0.15, 0.2) is 24.3 Å².